The molecule has 6 nitrogen and oxygen atoms in total. The molecule has 25 heavy (non-hydrogen) atoms. The Labute approximate surface area is 149 Å². The van der Waals surface area contributed by atoms with Crippen LogP contribution in [0.15, 0.2) is 48.5 Å². The summed E-state index contributed by atoms with van der Waals surface area (Å²) < 4.78 is 5.79. The lowest BCUT2D eigenvalue weighted by Gasteiger charge is -2.17. The van der Waals surface area contributed by atoms with Gasteiger partial charge in [0.2, 0.25) is 6.10 Å². The van der Waals surface area contributed by atoms with Crippen LogP contribution in [0.1, 0.15) is 23.1 Å². The number of hydrogen-bond donors (Lipinski definition) is 1. The second-order valence-corrected chi connectivity index (χ2v) is 5.96. The average Bonchev–Trinajstić information content (AvgIpc) is 2.93. The Kier molecular flexibility index (Phi) is 4.72. The average molecular weight is 358 g/mol. The predicted molar refractivity (Wildman–Crippen MR) is 93.3 cm³/mol. The summed E-state index contributed by atoms with van der Waals surface area (Å²) in [5, 5.41) is 18.7. The first-order valence-corrected chi connectivity index (χ1v) is 7.98. The summed E-state index contributed by atoms with van der Waals surface area (Å²) in [5.74, 6) is -0.761. The molecule has 1 unspecified atom stereocenters. The maximum absolute atomic E-state index is 11.7. The molecule has 0 aliphatic heterocycles. The number of hydrogen-bond acceptors (Lipinski definition) is 4. The number of aromatic nitrogens is 3. The van der Waals surface area contributed by atoms with Crippen molar-refractivity contribution in [1.29, 1.82) is 0 Å². The molecular weight excluding hydrogens is 342 g/mol. The Morgan fingerprint density at radius 1 is 1.12 bits per heavy atom. The molecule has 128 valence electrons. The fraction of sp³-hybridized carbons (Fsp3) is 0.167. The van der Waals surface area contributed by atoms with E-state index < -0.39 is 12.1 Å². The highest BCUT2D eigenvalue weighted by Crippen LogP contribution is 2.30. The lowest BCUT2D eigenvalue weighted by Crippen LogP contribution is -2.19. The van der Waals surface area contributed by atoms with Crippen LogP contribution in [0, 0.1) is 13.8 Å². The summed E-state index contributed by atoms with van der Waals surface area (Å²) in [4.78, 5) is 13.1. The molecule has 1 heterocycles. The highest BCUT2D eigenvalue weighted by Gasteiger charge is 2.24. The van der Waals surface area contributed by atoms with Crippen LogP contribution in [0.2, 0.25) is 5.02 Å². The largest absolute Gasteiger partial charge is 0.478 e. The van der Waals surface area contributed by atoms with Crippen molar-refractivity contribution in [2.24, 2.45) is 0 Å². The topological polar surface area (TPSA) is 77.2 Å². The normalized spacial score (nSPS) is 12.0. The molecule has 1 N–H and O–H groups in total. The van der Waals surface area contributed by atoms with Gasteiger partial charge in [-0.3, -0.25) is 0 Å². The van der Waals surface area contributed by atoms with Crippen molar-refractivity contribution in [2.75, 3.05) is 0 Å². The number of rotatable bonds is 5. The second kappa shape index (κ2) is 6.94. The molecule has 0 spiro atoms. The van der Waals surface area contributed by atoms with Crippen LogP contribution in [-0.2, 0) is 4.79 Å². The van der Waals surface area contributed by atoms with E-state index in [1.807, 2.05) is 19.9 Å². The predicted octanol–water partition coefficient (Wildman–Crippen LogP) is 3.74. The molecule has 3 aromatic rings. The lowest BCUT2D eigenvalue weighted by atomic mass is 10.1. The van der Waals surface area contributed by atoms with Crippen LogP contribution in [0.25, 0.3) is 5.69 Å². The third-order valence-electron chi connectivity index (χ3n) is 3.72. The van der Waals surface area contributed by atoms with Crippen molar-refractivity contribution in [3.05, 3.63) is 70.5 Å². The van der Waals surface area contributed by atoms with Crippen LogP contribution in [-0.4, -0.2) is 26.1 Å². The van der Waals surface area contributed by atoms with Crippen molar-refractivity contribution < 1.29 is 14.6 Å². The molecule has 0 amide bonds. The van der Waals surface area contributed by atoms with E-state index in [2.05, 4.69) is 10.2 Å². The van der Waals surface area contributed by atoms with Crippen molar-refractivity contribution in [2.45, 2.75) is 20.0 Å². The smallest absolute Gasteiger partial charge is 0.349 e. The van der Waals surface area contributed by atoms with Gasteiger partial charge in [-0.25, -0.2) is 4.79 Å². The van der Waals surface area contributed by atoms with Gasteiger partial charge in [0.05, 0.1) is 11.4 Å². The molecule has 0 aliphatic rings. The SMILES string of the molecule is Cc1nn(-c2cc(Cl)ccc2OC(C(=O)O)c2ccccc2)nc1C. The Morgan fingerprint density at radius 2 is 1.76 bits per heavy atom. The monoisotopic (exact) mass is 357 g/mol. The molecule has 2 aromatic carbocycles. The van der Waals surface area contributed by atoms with Crippen molar-refractivity contribution in [1.82, 2.24) is 15.0 Å². The highest BCUT2D eigenvalue weighted by atomic mass is 35.5. The molecule has 0 saturated heterocycles. The van der Waals surface area contributed by atoms with Crippen LogP contribution in [0.3, 0.4) is 0 Å². The minimum absolute atomic E-state index is 0.329. The minimum Gasteiger partial charge on any atom is -0.478 e. The van der Waals surface area contributed by atoms with Gasteiger partial charge in [-0.05, 0) is 32.0 Å². The maximum Gasteiger partial charge on any atom is 0.349 e. The van der Waals surface area contributed by atoms with Crippen LogP contribution < -0.4 is 4.74 Å². The molecule has 0 radical (unpaired) electrons. The molecule has 0 aliphatic carbocycles. The molecule has 3 rings (SSSR count). The lowest BCUT2D eigenvalue weighted by molar-refractivity contribution is -0.145. The minimum atomic E-state index is -1.15. The Hall–Kier alpha value is -2.86. The number of aryl methyl sites for hydroxylation is 2. The van der Waals surface area contributed by atoms with E-state index in [0.717, 1.165) is 11.4 Å². The number of benzene rings is 2. The number of carboxylic acid groups (broad SMARTS) is 1. The fourth-order valence-electron chi connectivity index (χ4n) is 2.32. The zero-order valence-corrected chi connectivity index (χ0v) is 14.4. The Bertz CT molecular complexity index is 890. The quantitative estimate of drug-likeness (QED) is 0.752. The third kappa shape index (κ3) is 3.64. The summed E-state index contributed by atoms with van der Waals surface area (Å²) in [7, 11) is 0. The number of aliphatic carboxylic acids is 1. The van der Waals surface area contributed by atoms with E-state index >= 15 is 0 Å². The number of nitrogens with zero attached hydrogens (tertiary/aromatic N) is 3. The van der Waals surface area contributed by atoms with Crippen molar-refractivity contribution in [3.8, 4) is 11.4 Å². The van der Waals surface area contributed by atoms with Gasteiger partial charge >= 0.3 is 5.97 Å². The number of carboxylic acids is 1. The van der Waals surface area contributed by atoms with E-state index in [-0.39, 0.29) is 0 Å². The van der Waals surface area contributed by atoms with Gasteiger partial charge in [-0.2, -0.15) is 10.2 Å². The Balaban J connectivity index is 2.03. The van der Waals surface area contributed by atoms with Gasteiger partial charge in [-0.15, -0.1) is 4.80 Å². The van der Waals surface area contributed by atoms with Gasteiger partial charge in [-0.1, -0.05) is 41.9 Å². The van der Waals surface area contributed by atoms with E-state index in [1.54, 1.807) is 42.5 Å². The van der Waals surface area contributed by atoms with Crippen molar-refractivity contribution >= 4 is 17.6 Å². The molecule has 0 fully saturated rings. The first-order chi connectivity index (χ1) is 12.0. The molecule has 1 aromatic heterocycles. The molecule has 7 heteroatoms. The third-order valence-corrected chi connectivity index (χ3v) is 3.96. The first kappa shape index (κ1) is 17.0. The van der Waals surface area contributed by atoms with Gasteiger partial charge in [0, 0.05) is 10.6 Å². The first-order valence-electron chi connectivity index (χ1n) is 7.60. The number of carbonyl (C=O) groups is 1. The summed E-state index contributed by atoms with van der Waals surface area (Å²) >= 11 is 6.09. The summed E-state index contributed by atoms with van der Waals surface area (Å²) in [5.41, 5.74) is 2.55. The van der Waals surface area contributed by atoms with Crippen LogP contribution in [0.5, 0.6) is 5.75 Å². The van der Waals surface area contributed by atoms with Crippen molar-refractivity contribution in [3.63, 3.8) is 0 Å². The zero-order valence-electron chi connectivity index (χ0n) is 13.7. The second-order valence-electron chi connectivity index (χ2n) is 5.52. The maximum atomic E-state index is 11.7. The van der Waals surface area contributed by atoms with E-state index in [0.29, 0.717) is 22.0 Å². The Morgan fingerprint density at radius 3 is 2.36 bits per heavy atom. The number of ether oxygens (including phenoxy) is 1. The van der Waals surface area contributed by atoms with E-state index in [1.165, 1.54) is 4.80 Å². The molecule has 0 saturated carbocycles. The van der Waals surface area contributed by atoms with E-state index in [4.69, 9.17) is 16.3 Å². The standard InChI is InChI=1S/C18H16ClN3O3/c1-11-12(2)21-22(20-11)15-10-14(19)8-9-16(15)25-17(18(23)24)13-6-4-3-5-7-13/h3-10,17H,1-2H3,(H,23,24). The fourth-order valence-corrected chi connectivity index (χ4v) is 2.49. The summed E-state index contributed by atoms with van der Waals surface area (Å²) in [6.45, 7) is 3.68. The van der Waals surface area contributed by atoms with Crippen LogP contribution >= 0.6 is 11.6 Å². The highest BCUT2D eigenvalue weighted by molar-refractivity contribution is 6.30. The molecule has 1 atom stereocenters. The number of halogens is 1. The molecular formula is C18H16ClN3O3. The zero-order chi connectivity index (χ0) is 18.0. The van der Waals surface area contributed by atoms with Gasteiger partial charge in [0.25, 0.3) is 0 Å². The van der Waals surface area contributed by atoms with Gasteiger partial charge in [0.1, 0.15) is 11.4 Å². The summed E-state index contributed by atoms with van der Waals surface area (Å²) in [6, 6.07) is 13.6. The summed E-state index contributed by atoms with van der Waals surface area (Å²) in [6.07, 6.45) is -1.15. The van der Waals surface area contributed by atoms with E-state index in [9.17, 15) is 9.90 Å². The van der Waals surface area contributed by atoms with Crippen LogP contribution in [0.4, 0.5) is 0 Å². The molecule has 0 bridgehead atoms. The van der Waals surface area contributed by atoms with Gasteiger partial charge < -0.3 is 9.84 Å². The van der Waals surface area contributed by atoms with Gasteiger partial charge in [0.15, 0.2) is 0 Å².